The number of nitrogens with zero attached hydrogens (tertiary/aromatic N) is 1. The molecule has 0 atom stereocenters. The molecule has 0 unspecified atom stereocenters. The number of hydrogen-bond donors (Lipinski definition) is 0. The fraction of sp³-hybridized carbons (Fsp3) is 0.0612. The van der Waals surface area contributed by atoms with Crippen molar-refractivity contribution in [3.63, 3.8) is 0 Å². The smallest absolute Gasteiger partial charge is 0.0468 e. The summed E-state index contributed by atoms with van der Waals surface area (Å²) in [4.78, 5) is 2.45. The summed E-state index contributed by atoms with van der Waals surface area (Å²) in [5.41, 5.74) is 17.5. The zero-order valence-corrected chi connectivity index (χ0v) is 29.5. The Balaban J connectivity index is 1.26. The van der Waals surface area contributed by atoms with Crippen molar-refractivity contribution in [2.24, 2.45) is 0 Å². The minimum absolute atomic E-state index is 0.927. The highest BCUT2D eigenvalue weighted by Gasteiger charge is 2.32. The van der Waals surface area contributed by atoms with Crippen LogP contribution in [0, 0.1) is 6.92 Å². The van der Waals surface area contributed by atoms with E-state index in [0.717, 1.165) is 23.5 Å². The number of aryl methyl sites for hydroxylation is 1. The van der Waals surface area contributed by atoms with Crippen LogP contribution in [0.1, 0.15) is 35.6 Å². The van der Waals surface area contributed by atoms with Crippen molar-refractivity contribution >= 4 is 76.1 Å². The second-order valence-corrected chi connectivity index (χ2v) is 14.8. The Bertz CT molecular complexity index is 2810. The van der Waals surface area contributed by atoms with Gasteiger partial charge in [-0.2, -0.15) is 0 Å². The van der Waals surface area contributed by atoms with E-state index in [9.17, 15) is 0 Å². The summed E-state index contributed by atoms with van der Waals surface area (Å²) in [6.07, 6.45) is 14.3. The molecule has 10 rings (SSSR count). The van der Waals surface area contributed by atoms with Gasteiger partial charge in [0.2, 0.25) is 0 Å². The predicted molar refractivity (Wildman–Crippen MR) is 222 cm³/mol. The fourth-order valence-corrected chi connectivity index (χ4v) is 9.64. The molecule has 1 nitrogen and oxygen atoms in total. The van der Waals surface area contributed by atoms with E-state index in [1.807, 2.05) is 17.4 Å². The van der Waals surface area contributed by atoms with Crippen LogP contribution in [0.4, 0.5) is 17.1 Å². The summed E-state index contributed by atoms with van der Waals surface area (Å²) in [6, 6.07) is 43.2. The Morgan fingerprint density at radius 1 is 0.608 bits per heavy atom. The molecule has 6 aromatic carbocycles. The van der Waals surface area contributed by atoms with Gasteiger partial charge in [0.25, 0.3) is 0 Å². The molecule has 0 aliphatic heterocycles. The first-order valence-corrected chi connectivity index (χ1v) is 18.5. The van der Waals surface area contributed by atoms with E-state index >= 15 is 0 Å². The number of allylic oxidation sites excluding steroid dienone is 11. The number of anilines is 3. The van der Waals surface area contributed by atoms with Crippen LogP contribution < -0.4 is 4.90 Å². The lowest BCUT2D eigenvalue weighted by molar-refractivity contribution is 1.29. The molecule has 0 amide bonds. The number of thiophene rings is 1. The predicted octanol–water partition coefficient (Wildman–Crippen LogP) is 14.3. The van der Waals surface area contributed by atoms with Gasteiger partial charge in [-0.1, -0.05) is 110 Å². The molecule has 1 heterocycles. The molecule has 0 saturated carbocycles. The molecule has 1 aromatic heterocycles. The van der Waals surface area contributed by atoms with Gasteiger partial charge in [0.1, 0.15) is 0 Å². The van der Waals surface area contributed by atoms with Gasteiger partial charge in [0.15, 0.2) is 0 Å². The molecule has 51 heavy (non-hydrogen) atoms. The van der Waals surface area contributed by atoms with Crippen LogP contribution in [-0.2, 0) is 0 Å². The second kappa shape index (κ2) is 11.6. The topological polar surface area (TPSA) is 3.24 Å². The number of fused-ring (bicyclic) bond motifs is 7. The zero-order valence-electron chi connectivity index (χ0n) is 28.7. The summed E-state index contributed by atoms with van der Waals surface area (Å²) in [6.45, 7) is 8.67. The number of hydrogen-bond acceptors (Lipinski definition) is 2. The highest BCUT2D eigenvalue weighted by atomic mass is 32.1. The average molecular weight is 670 g/mol. The van der Waals surface area contributed by atoms with Gasteiger partial charge in [-0.3, -0.25) is 0 Å². The van der Waals surface area contributed by atoms with Gasteiger partial charge in [-0.05, 0) is 141 Å². The molecule has 0 N–H and O–H groups in total. The van der Waals surface area contributed by atoms with Crippen LogP contribution in [0.25, 0.3) is 58.8 Å². The standard InChI is InChI=1S/C49H35NS/c1-4-12-41-39-25-22-34(29-45(39)49-37-18-11-19-43(49)38-15-6-5-7-17-42(38)48(41)31(37)3)50(33-21-24-36-30(2)13-10-14-32(36)27-33)35-23-26-47-44(28-35)40-16-8-9-20-46(40)51-47/h4,6-29H,1,5H2,2-3H3/b41-12-. The largest absolute Gasteiger partial charge is 0.310 e. The second-order valence-electron chi connectivity index (χ2n) is 13.7. The van der Waals surface area contributed by atoms with E-state index < -0.39 is 0 Å². The quantitative estimate of drug-likeness (QED) is 0.180. The Morgan fingerprint density at radius 3 is 2.25 bits per heavy atom. The lowest BCUT2D eigenvalue weighted by atomic mass is 9.81. The fourth-order valence-electron chi connectivity index (χ4n) is 8.56. The molecular weight excluding hydrogens is 635 g/mol. The highest BCUT2D eigenvalue weighted by molar-refractivity contribution is 7.25. The number of benzene rings is 6. The third kappa shape index (κ3) is 4.53. The van der Waals surface area contributed by atoms with E-state index in [0.29, 0.717) is 0 Å². The molecule has 3 aliphatic carbocycles. The molecule has 242 valence electrons. The van der Waals surface area contributed by atoms with Crippen LogP contribution in [0.15, 0.2) is 169 Å². The maximum absolute atomic E-state index is 4.18. The minimum atomic E-state index is 0.927. The normalized spacial score (nSPS) is 15.4. The van der Waals surface area contributed by atoms with Gasteiger partial charge in [-0.15, -0.1) is 11.3 Å². The van der Waals surface area contributed by atoms with E-state index in [1.54, 1.807) is 0 Å². The van der Waals surface area contributed by atoms with Gasteiger partial charge < -0.3 is 4.90 Å². The lowest BCUT2D eigenvalue weighted by Crippen LogP contribution is -2.11. The monoisotopic (exact) mass is 669 g/mol. The summed E-state index contributed by atoms with van der Waals surface area (Å²) in [5.74, 6) is 0. The summed E-state index contributed by atoms with van der Waals surface area (Å²) < 4.78 is 2.62. The van der Waals surface area contributed by atoms with Crippen LogP contribution in [0.2, 0.25) is 0 Å². The summed E-state index contributed by atoms with van der Waals surface area (Å²) >= 11 is 1.86. The van der Waals surface area contributed by atoms with Crippen molar-refractivity contribution in [1.29, 1.82) is 0 Å². The van der Waals surface area contributed by atoms with Crippen LogP contribution >= 0.6 is 11.3 Å². The Kier molecular flexibility index (Phi) is 6.78. The van der Waals surface area contributed by atoms with Crippen LogP contribution in [0.5, 0.6) is 0 Å². The third-order valence-corrected chi connectivity index (χ3v) is 12.0. The molecule has 0 saturated heterocycles. The Labute approximate surface area is 302 Å². The lowest BCUT2D eigenvalue weighted by Gasteiger charge is -2.28. The first kappa shape index (κ1) is 29.9. The molecular formula is C49H35NS. The number of rotatable bonds is 4. The van der Waals surface area contributed by atoms with Crippen molar-refractivity contribution < 1.29 is 0 Å². The first-order valence-electron chi connectivity index (χ1n) is 17.7. The average Bonchev–Trinajstić information content (AvgIpc) is 3.26. The zero-order chi connectivity index (χ0) is 34.2. The summed E-state index contributed by atoms with van der Waals surface area (Å²) in [5, 5.41) is 5.12. The van der Waals surface area contributed by atoms with Crippen molar-refractivity contribution in [2.45, 2.75) is 20.3 Å². The van der Waals surface area contributed by atoms with Gasteiger partial charge in [-0.25, -0.2) is 0 Å². The molecule has 2 heteroatoms. The minimum Gasteiger partial charge on any atom is -0.310 e. The van der Waals surface area contributed by atoms with Crippen molar-refractivity contribution in [3.8, 4) is 11.1 Å². The Morgan fingerprint density at radius 2 is 1.35 bits per heavy atom. The van der Waals surface area contributed by atoms with Gasteiger partial charge in [0, 0.05) is 37.2 Å². The molecule has 0 spiro atoms. The SMILES string of the molecule is C=C/C=C1\C2=C(C)c3cccc(c3-c3cc(N(c4ccc5c(C)cccc5c4)c4ccc5sc6ccccc6c5c4)ccc31)C1=C2C=CCC=C1. The van der Waals surface area contributed by atoms with E-state index in [-0.39, 0.29) is 0 Å². The van der Waals surface area contributed by atoms with Gasteiger partial charge in [0.05, 0.1) is 0 Å². The maximum atomic E-state index is 4.18. The molecule has 7 aromatic rings. The summed E-state index contributed by atoms with van der Waals surface area (Å²) in [7, 11) is 0. The van der Waals surface area contributed by atoms with E-state index in [1.165, 1.54) is 92.2 Å². The van der Waals surface area contributed by atoms with Crippen LogP contribution in [0.3, 0.4) is 0 Å². The van der Waals surface area contributed by atoms with E-state index in [4.69, 9.17) is 0 Å². The molecule has 4 bridgehead atoms. The van der Waals surface area contributed by atoms with E-state index in [2.05, 4.69) is 171 Å². The van der Waals surface area contributed by atoms with Crippen molar-refractivity contribution in [3.05, 3.63) is 192 Å². The molecule has 3 aliphatic rings. The van der Waals surface area contributed by atoms with Gasteiger partial charge >= 0.3 is 0 Å². The molecule has 0 radical (unpaired) electrons. The maximum Gasteiger partial charge on any atom is 0.0468 e. The highest BCUT2D eigenvalue weighted by Crippen LogP contribution is 2.54. The first-order chi connectivity index (χ1) is 25.1. The molecule has 0 fully saturated rings. The van der Waals surface area contributed by atoms with Crippen LogP contribution in [-0.4, -0.2) is 0 Å². The van der Waals surface area contributed by atoms with Crippen molar-refractivity contribution in [1.82, 2.24) is 0 Å². The third-order valence-electron chi connectivity index (χ3n) is 10.9. The Hall–Kier alpha value is -5.96. The van der Waals surface area contributed by atoms with Crippen molar-refractivity contribution in [2.75, 3.05) is 4.90 Å².